The number of aryl methyl sites for hydroxylation is 2. The fourth-order valence-electron chi connectivity index (χ4n) is 3.52. The smallest absolute Gasteiger partial charge is 0.264 e. The monoisotopic (exact) mass is 414 g/mol. The number of pyridine rings is 1. The van der Waals surface area contributed by atoms with Crippen molar-refractivity contribution in [2.24, 2.45) is 0 Å². The number of hydrogen-bond acceptors (Lipinski definition) is 4. The van der Waals surface area contributed by atoms with Crippen LogP contribution in [0.1, 0.15) is 45.7 Å². The van der Waals surface area contributed by atoms with Crippen LogP contribution in [0.3, 0.4) is 0 Å². The molecule has 0 radical (unpaired) electrons. The minimum absolute atomic E-state index is 0.198. The zero-order valence-electron chi connectivity index (χ0n) is 17.9. The summed E-state index contributed by atoms with van der Waals surface area (Å²) >= 11 is 0. The lowest BCUT2D eigenvalue weighted by molar-refractivity contribution is 0.0759. The number of carbonyl (C=O) groups is 1. The van der Waals surface area contributed by atoms with Crippen molar-refractivity contribution in [1.82, 2.24) is 19.4 Å². The third kappa shape index (κ3) is 4.97. The molecule has 2 aromatic heterocycles. The number of hydrogen-bond donors (Lipinski definition) is 0. The van der Waals surface area contributed by atoms with Crippen molar-refractivity contribution < 1.29 is 4.79 Å². The molecule has 31 heavy (non-hydrogen) atoms. The second-order valence-corrected chi connectivity index (χ2v) is 7.96. The second-order valence-electron chi connectivity index (χ2n) is 7.96. The molecule has 1 saturated carbocycles. The van der Waals surface area contributed by atoms with Crippen molar-refractivity contribution in [3.63, 3.8) is 0 Å². The summed E-state index contributed by atoms with van der Waals surface area (Å²) in [5.41, 5.74) is 3.23. The van der Waals surface area contributed by atoms with Gasteiger partial charge in [-0.15, -0.1) is 0 Å². The van der Waals surface area contributed by atoms with Crippen molar-refractivity contribution in [1.29, 1.82) is 0 Å². The summed E-state index contributed by atoms with van der Waals surface area (Å²) in [6.07, 6.45) is 11.0. The third-order valence-electron chi connectivity index (χ3n) is 5.41. The molecule has 1 aliphatic carbocycles. The molecule has 2 heterocycles. The van der Waals surface area contributed by atoms with E-state index in [1.54, 1.807) is 18.6 Å². The van der Waals surface area contributed by atoms with Crippen molar-refractivity contribution in [3.8, 4) is 0 Å². The average Bonchev–Trinajstić information content (AvgIpc) is 3.61. The SMILES string of the molecule is Cc1cnc(Cn2ccc(C)c(C(=O)N(C/C=C/c3ccccc3)C3CC3)c2=O)cn1. The molecule has 0 spiro atoms. The van der Waals surface area contributed by atoms with Crippen LogP contribution in [0.15, 0.2) is 65.9 Å². The summed E-state index contributed by atoms with van der Waals surface area (Å²) in [5, 5.41) is 0. The first kappa shape index (κ1) is 20.7. The van der Waals surface area contributed by atoms with Crippen LogP contribution in [0.25, 0.3) is 6.08 Å². The first-order valence-electron chi connectivity index (χ1n) is 10.5. The fraction of sp³-hybridized carbons (Fsp3) is 0.280. The summed E-state index contributed by atoms with van der Waals surface area (Å²) in [6, 6.07) is 12.0. The maximum absolute atomic E-state index is 13.4. The highest BCUT2D eigenvalue weighted by Gasteiger charge is 2.34. The van der Waals surface area contributed by atoms with E-state index in [0.29, 0.717) is 17.8 Å². The van der Waals surface area contributed by atoms with Crippen molar-refractivity contribution in [3.05, 3.63) is 99.5 Å². The molecule has 3 aromatic rings. The summed E-state index contributed by atoms with van der Waals surface area (Å²) in [7, 11) is 0. The van der Waals surface area contributed by atoms with Gasteiger partial charge in [-0.05, 0) is 43.9 Å². The molecule has 6 nitrogen and oxygen atoms in total. The van der Waals surface area contributed by atoms with E-state index in [1.807, 2.05) is 67.3 Å². The van der Waals surface area contributed by atoms with Crippen LogP contribution in [-0.2, 0) is 6.54 Å². The maximum Gasteiger partial charge on any atom is 0.264 e. The molecule has 1 aromatic carbocycles. The van der Waals surface area contributed by atoms with E-state index in [0.717, 1.165) is 24.1 Å². The molecule has 6 heteroatoms. The lowest BCUT2D eigenvalue weighted by Crippen LogP contribution is -2.39. The molecule has 0 unspecified atom stereocenters. The third-order valence-corrected chi connectivity index (χ3v) is 5.41. The number of aromatic nitrogens is 3. The predicted molar refractivity (Wildman–Crippen MR) is 121 cm³/mol. The van der Waals surface area contributed by atoms with Gasteiger partial charge in [-0.25, -0.2) is 0 Å². The normalized spacial score (nSPS) is 13.5. The number of benzene rings is 1. The minimum Gasteiger partial charge on any atom is -0.332 e. The Bertz CT molecular complexity index is 1150. The zero-order valence-corrected chi connectivity index (χ0v) is 17.9. The highest BCUT2D eigenvalue weighted by atomic mass is 16.2. The van der Waals surface area contributed by atoms with Gasteiger partial charge in [0.15, 0.2) is 0 Å². The van der Waals surface area contributed by atoms with Gasteiger partial charge in [0.05, 0.1) is 24.1 Å². The van der Waals surface area contributed by atoms with Crippen LogP contribution in [-0.4, -0.2) is 37.9 Å². The molecule has 158 valence electrons. The van der Waals surface area contributed by atoms with Gasteiger partial charge in [-0.3, -0.25) is 19.6 Å². The van der Waals surface area contributed by atoms with E-state index >= 15 is 0 Å². The molecule has 0 atom stereocenters. The predicted octanol–water partition coefficient (Wildman–Crippen LogP) is 3.62. The Kier molecular flexibility index (Phi) is 6.07. The van der Waals surface area contributed by atoms with Gasteiger partial charge < -0.3 is 9.47 Å². The Hall–Kier alpha value is -3.54. The Morgan fingerprint density at radius 1 is 1.13 bits per heavy atom. The van der Waals surface area contributed by atoms with Crippen LogP contribution in [0, 0.1) is 13.8 Å². The van der Waals surface area contributed by atoms with Gasteiger partial charge in [-0.2, -0.15) is 0 Å². The first-order chi connectivity index (χ1) is 15.0. The topological polar surface area (TPSA) is 68.1 Å². The minimum atomic E-state index is -0.287. The highest BCUT2D eigenvalue weighted by molar-refractivity contribution is 5.95. The number of nitrogens with zero attached hydrogens (tertiary/aromatic N) is 4. The summed E-state index contributed by atoms with van der Waals surface area (Å²) in [6.45, 7) is 4.44. The molecular formula is C25H26N4O2. The molecule has 0 N–H and O–H groups in total. The molecule has 0 saturated heterocycles. The number of amides is 1. The van der Waals surface area contributed by atoms with Gasteiger partial charge in [0.2, 0.25) is 0 Å². The van der Waals surface area contributed by atoms with E-state index in [-0.39, 0.29) is 29.6 Å². The Balaban J connectivity index is 1.57. The van der Waals surface area contributed by atoms with E-state index in [9.17, 15) is 9.59 Å². The highest BCUT2D eigenvalue weighted by Crippen LogP contribution is 2.28. The van der Waals surface area contributed by atoms with Gasteiger partial charge in [0, 0.05) is 25.0 Å². The second kappa shape index (κ2) is 9.08. The lowest BCUT2D eigenvalue weighted by Gasteiger charge is -2.22. The molecule has 1 amide bonds. The molecule has 1 aliphatic rings. The van der Waals surface area contributed by atoms with Gasteiger partial charge in [0.1, 0.15) is 5.56 Å². The largest absolute Gasteiger partial charge is 0.332 e. The quantitative estimate of drug-likeness (QED) is 0.592. The Morgan fingerprint density at radius 2 is 1.90 bits per heavy atom. The Morgan fingerprint density at radius 3 is 2.58 bits per heavy atom. The molecule has 0 bridgehead atoms. The van der Waals surface area contributed by atoms with Crippen LogP contribution in [0.2, 0.25) is 0 Å². The van der Waals surface area contributed by atoms with E-state index in [4.69, 9.17) is 0 Å². The standard InChI is InChI=1S/C25H26N4O2/c1-18-12-14-28(17-21-16-26-19(2)15-27-21)24(30)23(18)25(31)29(22-10-11-22)13-6-9-20-7-4-3-5-8-20/h3-9,12,14-16,22H,10-11,13,17H2,1-2H3/b9-6+. The summed E-state index contributed by atoms with van der Waals surface area (Å²) in [4.78, 5) is 37.0. The van der Waals surface area contributed by atoms with Crippen LogP contribution in [0.4, 0.5) is 0 Å². The Labute approximate surface area is 181 Å². The van der Waals surface area contributed by atoms with Crippen molar-refractivity contribution in [2.45, 2.75) is 39.3 Å². The van der Waals surface area contributed by atoms with E-state index < -0.39 is 0 Å². The van der Waals surface area contributed by atoms with Crippen LogP contribution >= 0.6 is 0 Å². The van der Waals surface area contributed by atoms with Crippen LogP contribution < -0.4 is 5.56 Å². The van der Waals surface area contributed by atoms with Gasteiger partial charge in [-0.1, -0.05) is 42.5 Å². The summed E-state index contributed by atoms with van der Waals surface area (Å²) in [5.74, 6) is -0.202. The summed E-state index contributed by atoms with van der Waals surface area (Å²) < 4.78 is 1.53. The average molecular weight is 415 g/mol. The van der Waals surface area contributed by atoms with Crippen molar-refractivity contribution >= 4 is 12.0 Å². The molecule has 1 fully saturated rings. The van der Waals surface area contributed by atoms with E-state index in [2.05, 4.69) is 9.97 Å². The number of rotatable bonds is 7. The zero-order chi connectivity index (χ0) is 21.8. The maximum atomic E-state index is 13.4. The van der Waals surface area contributed by atoms with Crippen LogP contribution in [0.5, 0.6) is 0 Å². The number of carbonyl (C=O) groups excluding carboxylic acids is 1. The fourth-order valence-corrected chi connectivity index (χ4v) is 3.52. The lowest BCUT2D eigenvalue weighted by atomic mass is 10.1. The van der Waals surface area contributed by atoms with Gasteiger partial charge >= 0.3 is 0 Å². The van der Waals surface area contributed by atoms with Crippen molar-refractivity contribution in [2.75, 3.05) is 6.54 Å². The van der Waals surface area contributed by atoms with E-state index in [1.165, 1.54) is 4.57 Å². The molecule has 4 rings (SSSR count). The molecular weight excluding hydrogens is 388 g/mol. The first-order valence-corrected chi connectivity index (χ1v) is 10.5. The van der Waals surface area contributed by atoms with Gasteiger partial charge in [0.25, 0.3) is 11.5 Å². The molecule has 0 aliphatic heterocycles.